The van der Waals surface area contributed by atoms with Gasteiger partial charge in [-0.25, -0.2) is 18.6 Å². The zero-order chi connectivity index (χ0) is 28.1. The van der Waals surface area contributed by atoms with E-state index in [2.05, 4.69) is 4.99 Å². The van der Waals surface area contributed by atoms with E-state index in [0.29, 0.717) is 33.3 Å². The van der Waals surface area contributed by atoms with E-state index in [4.69, 9.17) is 4.74 Å². The van der Waals surface area contributed by atoms with Gasteiger partial charge in [-0.3, -0.25) is 9.69 Å². The summed E-state index contributed by atoms with van der Waals surface area (Å²) in [5.41, 5.74) is 4.65. The summed E-state index contributed by atoms with van der Waals surface area (Å²) in [6.45, 7) is 2.00. The Balaban J connectivity index is 1.32. The Morgan fingerprint density at radius 3 is 2.08 bits per heavy atom. The summed E-state index contributed by atoms with van der Waals surface area (Å²) in [5, 5.41) is 0.519. The summed E-state index contributed by atoms with van der Waals surface area (Å²) in [6, 6.07) is 26.2. The molecule has 0 unspecified atom stereocenters. The zero-order valence-corrected chi connectivity index (χ0v) is 22.3. The molecule has 0 saturated carbocycles. The first kappa shape index (κ1) is 27.0. The summed E-state index contributed by atoms with van der Waals surface area (Å²) in [4.78, 5) is 32.1. The van der Waals surface area contributed by atoms with Crippen LogP contribution >= 0.6 is 11.8 Å². The van der Waals surface area contributed by atoms with Crippen molar-refractivity contribution in [2.24, 2.45) is 4.99 Å². The SMILES string of the molecule is Cc1ccc(N2C(=O)C(=Cc3ccc(C(=O)OCc4ccc(F)cc4)cc3)N=C2SCc2ccc(F)cc2)cc1. The van der Waals surface area contributed by atoms with Crippen LogP contribution in [0.1, 0.15) is 32.6 Å². The number of thioether (sulfide) groups is 1. The van der Waals surface area contributed by atoms with Crippen molar-refractivity contribution in [1.82, 2.24) is 0 Å². The van der Waals surface area contributed by atoms with Crippen molar-refractivity contribution in [1.29, 1.82) is 0 Å². The van der Waals surface area contributed by atoms with Crippen molar-refractivity contribution >= 4 is 40.6 Å². The summed E-state index contributed by atoms with van der Waals surface area (Å²) in [6.07, 6.45) is 1.67. The highest BCUT2D eigenvalue weighted by Gasteiger charge is 2.32. The number of hydrogen-bond acceptors (Lipinski definition) is 5. The summed E-state index contributed by atoms with van der Waals surface area (Å²) >= 11 is 1.39. The van der Waals surface area contributed by atoms with Gasteiger partial charge in [-0.2, -0.15) is 0 Å². The van der Waals surface area contributed by atoms with Gasteiger partial charge in [0, 0.05) is 5.75 Å². The topological polar surface area (TPSA) is 59.0 Å². The molecule has 1 aliphatic rings. The molecule has 40 heavy (non-hydrogen) atoms. The minimum atomic E-state index is -0.511. The smallest absolute Gasteiger partial charge is 0.338 e. The van der Waals surface area contributed by atoms with Gasteiger partial charge in [0.25, 0.3) is 5.91 Å². The molecule has 0 aliphatic carbocycles. The number of amidine groups is 1. The normalized spacial score (nSPS) is 14.0. The molecule has 4 aromatic rings. The second-order valence-corrected chi connectivity index (χ2v) is 10.1. The molecule has 0 atom stereocenters. The quantitative estimate of drug-likeness (QED) is 0.178. The molecule has 5 rings (SSSR count). The van der Waals surface area contributed by atoms with Crippen LogP contribution in [0.4, 0.5) is 14.5 Å². The van der Waals surface area contributed by atoms with E-state index in [1.54, 1.807) is 59.5 Å². The molecular weight excluding hydrogens is 530 g/mol. The Morgan fingerprint density at radius 2 is 1.45 bits per heavy atom. The highest BCUT2D eigenvalue weighted by atomic mass is 32.2. The number of hydrogen-bond donors (Lipinski definition) is 0. The second-order valence-electron chi connectivity index (χ2n) is 9.14. The average Bonchev–Trinajstić information content (AvgIpc) is 3.27. The number of benzene rings is 4. The third kappa shape index (κ3) is 6.52. The van der Waals surface area contributed by atoms with E-state index < -0.39 is 5.97 Å². The van der Waals surface area contributed by atoms with E-state index in [0.717, 1.165) is 11.1 Å². The number of halogens is 2. The molecular formula is C32H24F2N2O3S. The van der Waals surface area contributed by atoms with Crippen LogP contribution in [-0.2, 0) is 21.9 Å². The lowest BCUT2D eigenvalue weighted by atomic mass is 10.1. The largest absolute Gasteiger partial charge is 0.457 e. The number of nitrogens with zero attached hydrogens (tertiary/aromatic N) is 2. The number of anilines is 1. The molecule has 0 N–H and O–H groups in total. The molecule has 200 valence electrons. The minimum Gasteiger partial charge on any atom is -0.457 e. The molecule has 0 aromatic heterocycles. The van der Waals surface area contributed by atoms with E-state index in [-0.39, 0.29) is 29.8 Å². The molecule has 1 amide bonds. The molecule has 1 aliphatic heterocycles. The summed E-state index contributed by atoms with van der Waals surface area (Å²) in [5.74, 6) is -0.931. The predicted molar refractivity (Wildman–Crippen MR) is 154 cm³/mol. The standard InChI is InChI=1S/C32H24F2N2O3S/c1-21-2-16-28(17-3-21)36-30(37)29(35-32(36)40-20-24-8-14-27(34)15-9-24)18-22-4-10-25(11-5-22)31(38)39-19-23-6-12-26(33)13-7-23/h2-18H,19-20H2,1H3. The molecule has 0 spiro atoms. The number of aryl methyl sites for hydroxylation is 1. The number of aliphatic imine (C=N–C) groups is 1. The molecule has 0 fully saturated rings. The van der Waals surface area contributed by atoms with Crippen molar-refractivity contribution in [3.63, 3.8) is 0 Å². The third-order valence-corrected chi connectivity index (χ3v) is 7.15. The van der Waals surface area contributed by atoms with Crippen LogP contribution in [0.3, 0.4) is 0 Å². The fourth-order valence-corrected chi connectivity index (χ4v) is 4.90. The van der Waals surface area contributed by atoms with Crippen LogP contribution in [-0.4, -0.2) is 17.0 Å². The van der Waals surface area contributed by atoms with Gasteiger partial charge < -0.3 is 4.74 Å². The molecule has 0 saturated heterocycles. The fraction of sp³-hybridized carbons (Fsp3) is 0.0938. The highest BCUT2D eigenvalue weighted by molar-refractivity contribution is 8.13. The van der Waals surface area contributed by atoms with E-state index in [9.17, 15) is 18.4 Å². The first-order chi connectivity index (χ1) is 19.4. The number of rotatable bonds is 7. The molecule has 0 radical (unpaired) electrons. The number of carbonyl (C=O) groups excluding carboxylic acids is 2. The Labute approximate surface area is 234 Å². The van der Waals surface area contributed by atoms with Crippen LogP contribution in [0.2, 0.25) is 0 Å². The minimum absolute atomic E-state index is 0.0291. The van der Waals surface area contributed by atoms with Gasteiger partial charge in [0.15, 0.2) is 5.17 Å². The maximum Gasteiger partial charge on any atom is 0.338 e. The average molecular weight is 555 g/mol. The van der Waals surface area contributed by atoms with Crippen LogP contribution in [0.25, 0.3) is 6.08 Å². The van der Waals surface area contributed by atoms with E-state index in [1.165, 1.54) is 36.0 Å². The Bertz CT molecular complexity index is 1580. The molecule has 0 bridgehead atoms. The fourth-order valence-electron chi connectivity index (χ4n) is 3.93. The van der Waals surface area contributed by atoms with Crippen molar-refractivity contribution < 1.29 is 23.1 Å². The van der Waals surface area contributed by atoms with Gasteiger partial charge in [0.05, 0.1) is 11.3 Å². The molecule has 5 nitrogen and oxygen atoms in total. The van der Waals surface area contributed by atoms with Crippen LogP contribution in [0, 0.1) is 18.6 Å². The molecule has 8 heteroatoms. The zero-order valence-electron chi connectivity index (χ0n) is 21.5. The predicted octanol–water partition coefficient (Wildman–Crippen LogP) is 7.31. The van der Waals surface area contributed by atoms with Gasteiger partial charge in [-0.1, -0.05) is 65.9 Å². The Hall–Kier alpha value is -4.56. The lowest BCUT2D eigenvalue weighted by Crippen LogP contribution is -2.30. The van der Waals surface area contributed by atoms with Crippen LogP contribution < -0.4 is 4.90 Å². The van der Waals surface area contributed by atoms with Gasteiger partial charge in [-0.05, 0) is 78.2 Å². The molecule has 4 aromatic carbocycles. The number of esters is 1. The number of amides is 1. The van der Waals surface area contributed by atoms with Gasteiger partial charge >= 0.3 is 5.97 Å². The first-order valence-corrected chi connectivity index (χ1v) is 13.4. The maximum atomic E-state index is 13.5. The highest BCUT2D eigenvalue weighted by Crippen LogP contribution is 2.31. The third-order valence-electron chi connectivity index (χ3n) is 6.14. The summed E-state index contributed by atoms with van der Waals surface area (Å²) in [7, 11) is 0. The number of ether oxygens (including phenoxy) is 1. The monoisotopic (exact) mass is 554 g/mol. The lowest BCUT2D eigenvalue weighted by molar-refractivity contribution is -0.113. The van der Waals surface area contributed by atoms with Crippen LogP contribution in [0.5, 0.6) is 0 Å². The van der Waals surface area contributed by atoms with Crippen molar-refractivity contribution in [2.45, 2.75) is 19.3 Å². The van der Waals surface area contributed by atoms with Crippen molar-refractivity contribution in [2.75, 3.05) is 4.90 Å². The summed E-state index contributed by atoms with van der Waals surface area (Å²) < 4.78 is 31.7. The van der Waals surface area contributed by atoms with E-state index in [1.807, 2.05) is 31.2 Å². The maximum absolute atomic E-state index is 13.5. The van der Waals surface area contributed by atoms with Crippen LogP contribution in [0.15, 0.2) is 108 Å². The van der Waals surface area contributed by atoms with Crippen molar-refractivity contribution in [3.8, 4) is 0 Å². The molecule has 1 heterocycles. The Morgan fingerprint density at radius 1 is 0.850 bits per heavy atom. The van der Waals surface area contributed by atoms with Gasteiger partial charge in [-0.15, -0.1) is 0 Å². The lowest BCUT2D eigenvalue weighted by Gasteiger charge is -2.18. The Kier molecular flexibility index (Phi) is 8.17. The van der Waals surface area contributed by atoms with Gasteiger partial charge in [0.1, 0.15) is 23.9 Å². The second kappa shape index (κ2) is 12.1. The number of carbonyl (C=O) groups is 2. The van der Waals surface area contributed by atoms with Gasteiger partial charge in [0.2, 0.25) is 0 Å². The van der Waals surface area contributed by atoms with E-state index >= 15 is 0 Å². The van der Waals surface area contributed by atoms with Crippen molar-refractivity contribution in [3.05, 3.63) is 142 Å². The first-order valence-electron chi connectivity index (χ1n) is 12.5.